The van der Waals surface area contributed by atoms with Crippen molar-refractivity contribution in [2.24, 2.45) is 4.99 Å². The predicted molar refractivity (Wildman–Crippen MR) is 54.2 cm³/mol. The van der Waals surface area contributed by atoms with Crippen molar-refractivity contribution in [2.75, 3.05) is 26.2 Å². The number of hydrogen-bond acceptors (Lipinski definition) is 4. The molecule has 4 heteroatoms. The second-order valence-electron chi connectivity index (χ2n) is 3.68. The molecule has 0 N–H and O–H groups in total. The van der Waals surface area contributed by atoms with Gasteiger partial charge in [-0.1, -0.05) is 0 Å². The minimum atomic E-state index is 0.241. The van der Waals surface area contributed by atoms with Crippen LogP contribution < -0.4 is 0 Å². The van der Waals surface area contributed by atoms with E-state index in [0.29, 0.717) is 12.6 Å². The first-order valence-electron chi connectivity index (χ1n) is 4.79. The van der Waals surface area contributed by atoms with Gasteiger partial charge in [-0.2, -0.15) is 0 Å². The molecule has 2 unspecified atom stereocenters. The fourth-order valence-electron chi connectivity index (χ4n) is 2.14. The molecule has 13 heavy (non-hydrogen) atoms. The van der Waals surface area contributed by atoms with E-state index in [1.807, 2.05) is 0 Å². The molecule has 0 spiro atoms. The van der Waals surface area contributed by atoms with Gasteiger partial charge in [-0.05, 0) is 31.6 Å². The van der Waals surface area contributed by atoms with Crippen LogP contribution in [0.4, 0.5) is 0 Å². The first kappa shape index (κ1) is 9.28. The number of ether oxygens (including phenoxy) is 1. The summed E-state index contributed by atoms with van der Waals surface area (Å²) in [6.07, 6.45) is 2.85. The molecule has 0 aromatic heterocycles. The van der Waals surface area contributed by atoms with Gasteiger partial charge in [-0.15, -0.1) is 0 Å². The molecule has 2 heterocycles. The van der Waals surface area contributed by atoms with E-state index in [2.05, 4.69) is 27.3 Å². The predicted octanol–water partition coefficient (Wildman–Crippen LogP) is 0.952. The number of morpholine rings is 1. The Kier molecular flexibility index (Phi) is 3.06. The fraction of sp³-hybridized carbons (Fsp3) is 0.889. The van der Waals surface area contributed by atoms with Gasteiger partial charge in [0.05, 0.1) is 24.4 Å². The molecule has 0 saturated carbocycles. The summed E-state index contributed by atoms with van der Waals surface area (Å²) in [7, 11) is 0. The average molecular weight is 198 g/mol. The van der Waals surface area contributed by atoms with Crippen LogP contribution in [0.2, 0.25) is 0 Å². The minimum absolute atomic E-state index is 0.241. The highest BCUT2D eigenvalue weighted by molar-refractivity contribution is 7.78. The summed E-state index contributed by atoms with van der Waals surface area (Å²) in [6.45, 7) is 3.79. The summed E-state index contributed by atoms with van der Waals surface area (Å²) >= 11 is 4.53. The lowest BCUT2D eigenvalue weighted by atomic mass is 10.2. The average Bonchev–Trinajstić information content (AvgIpc) is 2.61. The van der Waals surface area contributed by atoms with Gasteiger partial charge >= 0.3 is 0 Å². The quantitative estimate of drug-likeness (QED) is 0.488. The highest BCUT2D eigenvalue weighted by Gasteiger charge is 2.31. The van der Waals surface area contributed by atoms with Crippen LogP contribution in [0.15, 0.2) is 4.99 Å². The number of nitrogens with zero attached hydrogens (tertiary/aromatic N) is 2. The van der Waals surface area contributed by atoms with Crippen molar-refractivity contribution in [1.29, 1.82) is 0 Å². The molecule has 2 aliphatic heterocycles. The summed E-state index contributed by atoms with van der Waals surface area (Å²) in [6, 6.07) is 0.674. The molecule has 2 fully saturated rings. The van der Waals surface area contributed by atoms with E-state index in [1.165, 1.54) is 19.4 Å². The molecule has 0 bridgehead atoms. The maximum absolute atomic E-state index is 5.67. The van der Waals surface area contributed by atoms with E-state index in [4.69, 9.17) is 4.74 Å². The summed E-state index contributed by atoms with van der Waals surface area (Å²) in [5.74, 6) is 0. The van der Waals surface area contributed by atoms with Crippen molar-refractivity contribution < 1.29 is 4.74 Å². The van der Waals surface area contributed by atoms with E-state index in [0.717, 1.165) is 13.2 Å². The highest BCUT2D eigenvalue weighted by atomic mass is 32.1. The SMILES string of the molecule is S=C=NCC1CN2CCCC2CO1. The second kappa shape index (κ2) is 4.29. The Morgan fingerprint density at radius 1 is 1.62 bits per heavy atom. The number of hydrogen-bond donors (Lipinski definition) is 0. The Labute approximate surface area is 83.8 Å². The lowest BCUT2D eigenvalue weighted by Crippen LogP contribution is -2.47. The number of thiocarbonyl (C=S) groups is 1. The molecule has 0 radical (unpaired) electrons. The zero-order valence-corrected chi connectivity index (χ0v) is 8.42. The van der Waals surface area contributed by atoms with Gasteiger partial charge in [0, 0.05) is 12.6 Å². The zero-order valence-electron chi connectivity index (χ0n) is 7.61. The molecule has 0 amide bonds. The topological polar surface area (TPSA) is 24.8 Å². The van der Waals surface area contributed by atoms with Crippen molar-refractivity contribution in [3.63, 3.8) is 0 Å². The molecule has 2 saturated heterocycles. The van der Waals surface area contributed by atoms with Gasteiger partial charge in [0.1, 0.15) is 0 Å². The monoisotopic (exact) mass is 198 g/mol. The third-order valence-electron chi connectivity index (χ3n) is 2.82. The number of rotatable bonds is 2. The van der Waals surface area contributed by atoms with Crippen LogP contribution in [0.1, 0.15) is 12.8 Å². The third-order valence-corrected chi connectivity index (χ3v) is 2.95. The highest BCUT2D eigenvalue weighted by Crippen LogP contribution is 2.22. The van der Waals surface area contributed by atoms with Crippen molar-refractivity contribution >= 4 is 17.4 Å². The van der Waals surface area contributed by atoms with Crippen LogP contribution in [-0.2, 0) is 4.74 Å². The third kappa shape index (κ3) is 2.15. The first-order chi connectivity index (χ1) is 6.40. The van der Waals surface area contributed by atoms with Gasteiger partial charge in [0.15, 0.2) is 0 Å². The summed E-state index contributed by atoms with van der Waals surface area (Å²) in [4.78, 5) is 6.43. The van der Waals surface area contributed by atoms with Gasteiger partial charge in [-0.3, -0.25) is 4.90 Å². The fourth-order valence-corrected chi connectivity index (χ4v) is 2.21. The number of isothiocyanates is 1. The van der Waals surface area contributed by atoms with Crippen LogP contribution in [0.5, 0.6) is 0 Å². The second-order valence-corrected chi connectivity index (χ2v) is 3.86. The van der Waals surface area contributed by atoms with E-state index in [9.17, 15) is 0 Å². The Hall–Kier alpha value is -0.280. The molecule has 0 aromatic rings. The largest absolute Gasteiger partial charge is 0.373 e. The molecule has 0 aliphatic carbocycles. The van der Waals surface area contributed by atoms with Gasteiger partial charge in [0.2, 0.25) is 0 Å². The summed E-state index contributed by atoms with van der Waals surface area (Å²) < 4.78 is 5.67. The Balaban J connectivity index is 1.86. The van der Waals surface area contributed by atoms with E-state index in [-0.39, 0.29) is 6.10 Å². The summed E-state index contributed by atoms with van der Waals surface area (Å²) in [5.41, 5.74) is 0. The van der Waals surface area contributed by atoms with Crippen LogP contribution in [0.3, 0.4) is 0 Å². The molecule has 3 nitrogen and oxygen atoms in total. The molecule has 72 valence electrons. The van der Waals surface area contributed by atoms with Crippen LogP contribution in [-0.4, -0.2) is 48.4 Å². The van der Waals surface area contributed by atoms with Gasteiger partial charge in [0.25, 0.3) is 0 Å². The Morgan fingerprint density at radius 3 is 3.38 bits per heavy atom. The standard InChI is InChI=1S/C9H14N2OS/c13-7-10-4-9-5-11-3-1-2-8(11)6-12-9/h8-9H,1-6H2. The van der Waals surface area contributed by atoms with Gasteiger partial charge < -0.3 is 4.74 Å². The first-order valence-corrected chi connectivity index (χ1v) is 5.20. The number of fused-ring (bicyclic) bond motifs is 1. The molecular weight excluding hydrogens is 184 g/mol. The summed E-state index contributed by atoms with van der Waals surface area (Å²) in [5, 5.41) is 2.38. The van der Waals surface area contributed by atoms with E-state index < -0.39 is 0 Å². The van der Waals surface area contributed by atoms with Crippen molar-refractivity contribution in [2.45, 2.75) is 25.0 Å². The molecule has 2 rings (SSSR count). The maximum atomic E-state index is 5.67. The van der Waals surface area contributed by atoms with Crippen LogP contribution in [0, 0.1) is 0 Å². The normalized spacial score (nSPS) is 33.8. The smallest absolute Gasteiger partial charge is 0.0905 e. The molecule has 2 aliphatic rings. The van der Waals surface area contributed by atoms with Gasteiger partial charge in [-0.25, -0.2) is 4.99 Å². The molecular formula is C9H14N2OS. The molecule has 0 aromatic carbocycles. The Bertz CT molecular complexity index is 228. The van der Waals surface area contributed by atoms with Crippen molar-refractivity contribution in [3.05, 3.63) is 0 Å². The van der Waals surface area contributed by atoms with E-state index in [1.54, 1.807) is 0 Å². The Morgan fingerprint density at radius 2 is 2.54 bits per heavy atom. The van der Waals surface area contributed by atoms with Crippen LogP contribution >= 0.6 is 12.2 Å². The zero-order chi connectivity index (χ0) is 9.10. The lowest BCUT2D eigenvalue weighted by molar-refractivity contribution is -0.0430. The van der Waals surface area contributed by atoms with Crippen molar-refractivity contribution in [1.82, 2.24) is 4.90 Å². The minimum Gasteiger partial charge on any atom is -0.373 e. The van der Waals surface area contributed by atoms with E-state index >= 15 is 0 Å². The molecule has 2 atom stereocenters. The van der Waals surface area contributed by atoms with Crippen molar-refractivity contribution in [3.8, 4) is 0 Å². The van der Waals surface area contributed by atoms with Crippen LogP contribution in [0.25, 0.3) is 0 Å². The maximum Gasteiger partial charge on any atom is 0.0905 e. The lowest BCUT2D eigenvalue weighted by Gasteiger charge is -2.34. The number of aliphatic imine (C=N–C) groups is 1.